The van der Waals surface area contributed by atoms with Crippen molar-refractivity contribution in [2.45, 2.75) is 6.92 Å². The first-order chi connectivity index (χ1) is 14.1. The van der Waals surface area contributed by atoms with Gasteiger partial charge < -0.3 is 20.0 Å². The third kappa shape index (κ3) is 4.53. The summed E-state index contributed by atoms with van der Waals surface area (Å²) in [7, 11) is 4.07. The van der Waals surface area contributed by atoms with Crippen molar-refractivity contribution in [1.29, 1.82) is 0 Å². The van der Waals surface area contributed by atoms with Gasteiger partial charge in [-0.25, -0.2) is 19.9 Å². The number of nitrogens with zero attached hydrogens (tertiary/aromatic N) is 7. The Kier molecular flexibility index (Phi) is 5.41. The van der Waals surface area contributed by atoms with Gasteiger partial charge in [0.25, 0.3) is 0 Å². The zero-order valence-electron chi connectivity index (χ0n) is 17.1. The van der Waals surface area contributed by atoms with Crippen LogP contribution in [0.5, 0.6) is 0 Å². The first kappa shape index (κ1) is 18.9. The summed E-state index contributed by atoms with van der Waals surface area (Å²) in [6, 6.07) is 12.1. The highest BCUT2D eigenvalue weighted by molar-refractivity contribution is 5.62. The zero-order valence-corrected chi connectivity index (χ0v) is 17.1. The maximum absolute atomic E-state index is 4.65. The molecule has 29 heavy (non-hydrogen) atoms. The summed E-state index contributed by atoms with van der Waals surface area (Å²) in [6.07, 6.45) is 3.57. The number of aromatic nitrogens is 4. The third-order valence-electron chi connectivity index (χ3n) is 4.92. The first-order valence-corrected chi connectivity index (χ1v) is 9.75. The van der Waals surface area contributed by atoms with Gasteiger partial charge in [0.15, 0.2) is 0 Å². The van der Waals surface area contributed by atoms with Crippen molar-refractivity contribution in [2.75, 3.05) is 60.3 Å². The summed E-state index contributed by atoms with van der Waals surface area (Å²) in [5, 5.41) is 3.40. The first-order valence-electron chi connectivity index (χ1n) is 9.75. The smallest absolute Gasteiger partial charge is 0.225 e. The molecule has 0 atom stereocenters. The molecule has 1 saturated heterocycles. The Hall–Kier alpha value is -3.42. The summed E-state index contributed by atoms with van der Waals surface area (Å²) < 4.78 is 0. The number of piperazine rings is 1. The lowest BCUT2D eigenvalue weighted by atomic mass is 10.2. The Morgan fingerprint density at radius 3 is 2.21 bits per heavy atom. The van der Waals surface area contributed by atoms with Crippen molar-refractivity contribution in [3.05, 3.63) is 54.6 Å². The molecule has 3 heterocycles. The molecule has 1 aliphatic heterocycles. The van der Waals surface area contributed by atoms with Crippen molar-refractivity contribution >= 4 is 29.0 Å². The predicted octanol–water partition coefficient (Wildman–Crippen LogP) is 2.71. The average Bonchev–Trinajstić information content (AvgIpc) is 2.74. The number of hydrogen-bond acceptors (Lipinski definition) is 8. The van der Waals surface area contributed by atoms with Gasteiger partial charge >= 0.3 is 0 Å². The van der Waals surface area contributed by atoms with Crippen LogP contribution in [0.3, 0.4) is 0 Å². The van der Waals surface area contributed by atoms with Crippen LogP contribution in [0.1, 0.15) is 5.82 Å². The van der Waals surface area contributed by atoms with E-state index in [1.54, 1.807) is 12.4 Å². The van der Waals surface area contributed by atoms with Gasteiger partial charge in [0.05, 0.1) is 0 Å². The van der Waals surface area contributed by atoms with E-state index in [1.165, 1.54) is 0 Å². The third-order valence-corrected chi connectivity index (χ3v) is 4.92. The quantitative estimate of drug-likeness (QED) is 0.713. The molecule has 8 heteroatoms. The van der Waals surface area contributed by atoms with Gasteiger partial charge in [-0.15, -0.1) is 0 Å². The highest BCUT2D eigenvalue weighted by Crippen LogP contribution is 2.23. The van der Waals surface area contributed by atoms with Gasteiger partial charge in [0, 0.05) is 70.1 Å². The van der Waals surface area contributed by atoms with Crippen LogP contribution in [0.25, 0.3) is 0 Å². The van der Waals surface area contributed by atoms with Gasteiger partial charge in [0.1, 0.15) is 17.5 Å². The molecular formula is C21H26N8. The van der Waals surface area contributed by atoms with Crippen molar-refractivity contribution in [3.63, 3.8) is 0 Å². The SMILES string of the molecule is Cc1nc(Nc2ccc(N(C)C)cc2)cc(N2CCN(c3ncccn3)CC2)n1. The molecule has 1 fully saturated rings. The largest absolute Gasteiger partial charge is 0.378 e. The van der Waals surface area contributed by atoms with Crippen LogP contribution in [0.4, 0.5) is 29.0 Å². The maximum Gasteiger partial charge on any atom is 0.225 e. The van der Waals surface area contributed by atoms with Crippen LogP contribution >= 0.6 is 0 Å². The molecule has 0 amide bonds. The second kappa shape index (κ2) is 8.30. The van der Waals surface area contributed by atoms with E-state index in [9.17, 15) is 0 Å². The fourth-order valence-electron chi connectivity index (χ4n) is 3.36. The van der Waals surface area contributed by atoms with E-state index >= 15 is 0 Å². The van der Waals surface area contributed by atoms with Crippen molar-refractivity contribution < 1.29 is 0 Å². The van der Waals surface area contributed by atoms with Crippen molar-refractivity contribution in [1.82, 2.24) is 19.9 Å². The van der Waals surface area contributed by atoms with Gasteiger partial charge in [-0.2, -0.15) is 0 Å². The number of benzene rings is 1. The minimum Gasteiger partial charge on any atom is -0.378 e. The van der Waals surface area contributed by atoms with Gasteiger partial charge in [0.2, 0.25) is 5.95 Å². The lowest BCUT2D eigenvalue weighted by Gasteiger charge is -2.35. The molecular weight excluding hydrogens is 364 g/mol. The normalized spacial score (nSPS) is 14.0. The van der Waals surface area contributed by atoms with E-state index in [0.717, 1.165) is 61.0 Å². The minimum atomic E-state index is 0.753. The van der Waals surface area contributed by atoms with E-state index < -0.39 is 0 Å². The Morgan fingerprint density at radius 2 is 1.55 bits per heavy atom. The number of anilines is 5. The minimum absolute atomic E-state index is 0.753. The Labute approximate surface area is 171 Å². The second-order valence-electron chi connectivity index (χ2n) is 7.25. The molecule has 0 bridgehead atoms. The standard InChI is InChI=1S/C21H26N8/c1-16-24-19(26-17-5-7-18(8-6-17)27(2)3)15-20(25-16)28-11-13-29(14-12-28)21-22-9-4-10-23-21/h4-10,15H,11-14H2,1-3H3,(H,24,25,26). The number of nitrogens with one attached hydrogen (secondary N) is 1. The van der Waals surface area contributed by atoms with Crippen LogP contribution in [0.2, 0.25) is 0 Å². The molecule has 2 aromatic heterocycles. The van der Waals surface area contributed by atoms with Gasteiger partial charge in [-0.05, 0) is 37.3 Å². The van der Waals surface area contributed by atoms with Gasteiger partial charge in [-0.3, -0.25) is 0 Å². The molecule has 0 radical (unpaired) electrons. The fraction of sp³-hybridized carbons (Fsp3) is 0.333. The molecule has 4 rings (SSSR count). The summed E-state index contributed by atoms with van der Waals surface area (Å²) in [5.74, 6) is 3.29. The number of aryl methyl sites for hydroxylation is 1. The Morgan fingerprint density at radius 1 is 0.897 bits per heavy atom. The predicted molar refractivity (Wildman–Crippen MR) is 117 cm³/mol. The zero-order chi connectivity index (χ0) is 20.2. The lowest BCUT2D eigenvalue weighted by Crippen LogP contribution is -2.47. The van der Waals surface area contributed by atoms with E-state index in [-0.39, 0.29) is 0 Å². The molecule has 1 aliphatic rings. The Bertz CT molecular complexity index is 935. The van der Waals surface area contributed by atoms with Crippen LogP contribution in [-0.4, -0.2) is 60.2 Å². The highest BCUT2D eigenvalue weighted by atomic mass is 15.3. The molecule has 0 aliphatic carbocycles. The monoisotopic (exact) mass is 390 g/mol. The Balaban J connectivity index is 1.44. The van der Waals surface area contributed by atoms with Crippen LogP contribution in [0.15, 0.2) is 48.8 Å². The van der Waals surface area contributed by atoms with Crippen LogP contribution in [-0.2, 0) is 0 Å². The summed E-state index contributed by atoms with van der Waals surface area (Å²) in [6.45, 7) is 5.39. The molecule has 3 aromatic rings. The average molecular weight is 390 g/mol. The number of hydrogen-bond donors (Lipinski definition) is 1. The summed E-state index contributed by atoms with van der Waals surface area (Å²) in [4.78, 5) is 24.5. The lowest BCUT2D eigenvalue weighted by molar-refractivity contribution is 0.633. The number of rotatable bonds is 5. The van der Waals surface area contributed by atoms with E-state index in [0.29, 0.717) is 0 Å². The molecule has 0 unspecified atom stereocenters. The van der Waals surface area contributed by atoms with Gasteiger partial charge in [-0.1, -0.05) is 0 Å². The topological polar surface area (TPSA) is 73.3 Å². The summed E-state index contributed by atoms with van der Waals surface area (Å²) >= 11 is 0. The molecule has 150 valence electrons. The van der Waals surface area contributed by atoms with Crippen LogP contribution < -0.4 is 20.0 Å². The van der Waals surface area contributed by atoms with Crippen molar-refractivity contribution in [3.8, 4) is 0 Å². The second-order valence-corrected chi connectivity index (χ2v) is 7.25. The highest BCUT2D eigenvalue weighted by Gasteiger charge is 2.20. The van der Waals surface area contributed by atoms with E-state index in [4.69, 9.17) is 0 Å². The molecule has 0 saturated carbocycles. The summed E-state index contributed by atoms with van der Waals surface area (Å²) in [5.41, 5.74) is 2.17. The van der Waals surface area contributed by atoms with Crippen molar-refractivity contribution in [2.24, 2.45) is 0 Å². The van der Waals surface area contributed by atoms with E-state index in [1.807, 2.05) is 33.2 Å². The van der Waals surface area contributed by atoms with E-state index in [2.05, 4.69) is 64.2 Å². The molecule has 1 N–H and O–H groups in total. The van der Waals surface area contributed by atoms with Crippen LogP contribution in [0, 0.1) is 6.92 Å². The molecule has 1 aromatic carbocycles. The molecule has 0 spiro atoms. The maximum atomic E-state index is 4.65. The molecule has 8 nitrogen and oxygen atoms in total. The fourth-order valence-corrected chi connectivity index (χ4v) is 3.36.